The summed E-state index contributed by atoms with van der Waals surface area (Å²) in [5.41, 5.74) is 7.76. The Morgan fingerprint density at radius 3 is 2.85 bits per heavy atom. The maximum atomic E-state index is 12.3. The summed E-state index contributed by atoms with van der Waals surface area (Å²) >= 11 is 0. The van der Waals surface area contributed by atoms with E-state index in [2.05, 4.69) is 10.3 Å². The first-order valence-electron chi connectivity index (χ1n) is 7.38. The lowest BCUT2D eigenvalue weighted by Crippen LogP contribution is -2.47. The molecule has 2 unspecified atom stereocenters. The number of amides is 1. The van der Waals surface area contributed by atoms with Gasteiger partial charge < -0.3 is 16.0 Å². The summed E-state index contributed by atoms with van der Waals surface area (Å²) in [6.07, 6.45) is 5.50. The molecule has 1 fully saturated rings. The SMILES string of the molecule is NC1CCCCCC1NC(=O)c1cc2ccccc2[nH]1. The number of benzene rings is 1. The van der Waals surface area contributed by atoms with Crippen molar-refractivity contribution in [1.29, 1.82) is 0 Å². The van der Waals surface area contributed by atoms with Gasteiger partial charge in [0.25, 0.3) is 5.91 Å². The van der Waals surface area contributed by atoms with Crippen LogP contribution in [0.2, 0.25) is 0 Å². The minimum atomic E-state index is -0.0523. The fraction of sp³-hybridized carbons (Fsp3) is 0.438. The van der Waals surface area contributed by atoms with Crippen molar-refractivity contribution in [2.24, 2.45) is 5.73 Å². The molecule has 4 N–H and O–H groups in total. The Bertz CT molecular complexity index is 572. The Hall–Kier alpha value is -1.81. The lowest BCUT2D eigenvalue weighted by atomic mass is 10.0. The second kappa shape index (κ2) is 5.67. The summed E-state index contributed by atoms with van der Waals surface area (Å²) in [4.78, 5) is 15.5. The van der Waals surface area contributed by atoms with Crippen LogP contribution in [0.3, 0.4) is 0 Å². The number of aromatic amines is 1. The van der Waals surface area contributed by atoms with Crippen molar-refractivity contribution in [1.82, 2.24) is 10.3 Å². The standard InChI is InChI=1S/C16H21N3O/c17-12-7-2-1-3-9-14(12)19-16(20)15-10-11-6-4-5-8-13(11)18-15/h4-6,8,10,12,14,18H,1-3,7,9,17H2,(H,19,20). The zero-order valence-corrected chi connectivity index (χ0v) is 11.6. The third kappa shape index (κ3) is 2.70. The minimum Gasteiger partial charge on any atom is -0.351 e. The van der Waals surface area contributed by atoms with Gasteiger partial charge in [0.2, 0.25) is 0 Å². The Morgan fingerprint density at radius 1 is 1.20 bits per heavy atom. The number of para-hydroxylation sites is 1. The highest BCUT2D eigenvalue weighted by Gasteiger charge is 2.23. The fourth-order valence-corrected chi connectivity index (χ4v) is 2.96. The first-order valence-corrected chi connectivity index (χ1v) is 7.38. The maximum absolute atomic E-state index is 12.3. The number of hydrogen-bond acceptors (Lipinski definition) is 2. The van der Waals surface area contributed by atoms with E-state index in [0.717, 1.165) is 30.2 Å². The summed E-state index contributed by atoms with van der Waals surface area (Å²) in [5, 5.41) is 4.15. The summed E-state index contributed by atoms with van der Waals surface area (Å²) < 4.78 is 0. The molecule has 2 aromatic rings. The van der Waals surface area contributed by atoms with E-state index >= 15 is 0 Å². The first kappa shape index (κ1) is 13.2. The third-order valence-corrected chi connectivity index (χ3v) is 4.16. The smallest absolute Gasteiger partial charge is 0.268 e. The summed E-state index contributed by atoms with van der Waals surface area (Å²) in [6.45, 7) is 0. The van der Waals surface area contributed by atoms with Crippen molar-refractivity contribution in [3.63, 3.8) is 0 Å². The molecule has 4 nitrogen and oxygen atoms in total. The molecule has 4 heteroatoms. The molecule has 2 atom stereocenters. The first-order chi connectivity index (χ1) is 9.74. The van der Waals surface area contributed by atoms with Gasteiger partial charge in [-0.2, -0.15) is 0 Å². The largest absolute Gasteiger partial charge is 0.351 e. The van der Waals surface area contributed by atoms with Gasteiger partial charge in [-0.05, 0) is 25.0 Å². The van der Waals surface area contributed by atoms with Crippen molar-refractivity contribution in [2.75, 3.05) is 0 Å². The van der Waals surface area contributed by atoms with Crippen LogP contribution in [0.1, 0.15) is 42.6 Å². The van der Waals surface area contributed by atoms with Gasteiger partial charge >= 0.3 is 0 Å². The number of nitrogens with one attached hydrogen (secondary N) is 2. The lowest BCUT2D eigenvalue weighted by molar-refractivity contribution is 0.0924. The van der Waals surface area contributed by atoms with Gasteiger partial charge in [-0.1, -0.05) is 37.5 Å². The van der Waals surface area contributed by atoms with Crippen LogP contribution in [0, 0.1) is 0 Å². The predicted molar refractivity (Wildman–Crippen MR) is 80.6 cm³/mol. The predicted octanol–water partition coefficient (Wildman–Crippen LogP) is 2.56. The highest BCUT2D eigenvalue weighted by Crippen LogP contribution is 2.18. The summed E-state index contributed by atoms with van der Waals surface area (Å²) in [6, 6.07) is 9.97. The molecule has 1 aliphatic carbocycles. The monoisotopic (exact) mass is 271 g/mol. The molecule has 1 saturated carbocycles. The maximum Gasteiger partial charge on any atom is 0.268 e. The molecule has 20 heavy (non-hydrogen) atoms. The molecular weight excluding hydrogens is 250 g/mol. The van der Waals surface area contributed by atoms with E-state index in [4.69, 9.17) is 5.73 Å². The number of fused-ring (bicyclic) bond motifs is 1. The van der Waals surface area contributed by atoms with Crippen molar-refractivity contribution in [3.05, 3.63) is 36.0 Å². The van der Waals surface area contributed by atoms with Gasteiger partial charge in [-0.15, -0.1) is 0 Å². The summed E-state index contributed by atoms with van der Waals surface area (Å²) in [7, 11) is 0. The van der Waals surface area contributed by atoms with E-state index in [0.29, 0.717) is 5.69 Å². The van der Waals surface area contributed by atoms with Crippen LogP contribution < -0.4 is 11.1 Å². The van der Waals surface area contributed by atoms with Crippen molar-refractivity contribution >= 4 is 16.8 Å². The number of aromatic nitrogens is 1. The molecule has 1 aliphatic rings. The van der Waals surface area contributed by atoms with Crippen LogP contribution in [0.5, 0.6) is 0 Å². The van der Waals surface area contributed by atoms with Gasteiger partial charge in [0.15, 0.2) is 0 Å². The normalized spacial score (nSPS) is 23.4. The molecule has 0 aliphatic heterocycles. The number of hydrogen-bond donors (Lipinski definition) is 3. The second-order valence-electron chi connectivity index (χ2n) is 5.65. The molecule has 0 bridgehead atoms. The molecule has 0 radical (unpaired) electrons. The average Bonchev–Trinajstić information content (AvgIpc) is 2.79. The Balaban J connectivity index is 1.74. The van der Waals surface area contributed by atoms with Gasteiger partial charge in [0, 0.05) is 23.0 Å². The Morgan fingerprint density at radius 2 is 2.00 bits per heavy atom. The van der Waals surface area contributed by atoms with Gasteiger partial charge in [-0.25, -0.2) is 0 Å². The van der Waals surface area contributed by atoms with E-state index < -0.39 is 0 Å². The van der Waals surface area contributed by atoms with Crippen LogP contribution >= 0.6 is 0 Å². The van der Waals surface area contributed by atoms with Crippen LogP contribution in [0.4, 0.5) is 0 Å². The number of H-pyrrole nitrogens is 1. The number of carbonyl (C=O) groups excluding carboxylic acids is 1. The lowest BCUT2D eigenvalue weighted by Gasteiger charge is -2.22. The second-order valence-corrected chi connectivity index (χ2v) is 5.65. The van der Waals surface area contributed by atoms with E-state index in [-0.39, 0.29) is 18.0 Å². The molecular formula is C16H21N3O. The van der Waals surface area contributed by atoms with Gasteiger partial charge in [-0.3, -0.25) is 4.79 Å². The minimum absolute atomic E-state index is 0.0523. The van der Waals surface area contributed by atoms with E-state index in [9.17, 15) is 4.79 Å². The highest BCUT2D eigenvalue weighted by atomic mass is 16.1. The Labute approximate surface area is 118 Å². The summed E-state index contributed by atoms with van der Waals surface area (Å²) in [5.74, 6) is -0.0523. The van der Waals surface area contributed by atoms with Gasteiger partial charge in [0.1, 0.15) is 5.69 Å². The third-order valence-electron chi connectivity index (χ3n) is 4.16. The molecule has 1 heterocycles. The van der Waals surface area contributed by atoms with Crippen LogP contribution in [-0.4, -0.2) is 23.0 Å². The van der Waals surface area contributed by atoms with Crippen LogP contribution in [0.25, 0.3) is 10.9 Å². The molecule has 1 aromatic carbocycles. The number of rotatable bonds is 2. The molecule has 3 rings (SSSR count). The zero-order valence-electron chi connectivity index (χ0n) is 11.6. The Kier molecular flexibility index (Phi) is 3.74. The quantitative estimate of drug-likeness (QED) is 0.735. The van der Waals surface area contributed by atoms with Crippen LogP contribution in [-0.2, 0) is 0 Å². The topological polar surface area (TPSA) is 70.9 Å². The van der Waals surface area contributed by atoms with Crippen molar-refractivity contribution in [2.45, 2.75) is 44.2 Å². The van der Waals surface area contributed by atoms with E-state index in [1.807, 2.05) is 30.3 Å². The van der Waals surface area contributed by atoms with Crippen molar-refractivity contribution < 1.29 is 4.79 Å². The molecule has 0 spiro atoms. The average molecular weight is 271 g/mol. The van der Waals surface area contributed by atoms with Crippen LogP contribution in [0.15, 0.2) is 30.3 Å². The highest BCUT2D eigenvalue weighted by molar-refractivity contribution is 5.98. The van der Waals surface area contributed by atoms with E-state index in [1.165, 1.54) is 12.8 Å². The molecule has 0 saturated heterocycles. The van der Waals surface area contributed by atoms with E-state index in [1.54, 1.807) is 0 Å². The number of nitrogens with two attached hydrogens (primary N) is 1. The zero-order chi connectivity index (χ0) is 13.9. The fourth-order valence-electron chi connectivity index (χ4n) is 2.96. The van der Waals surface area contributed by atoms with Crippen molar-refractivity contribution in [3.8, 4) is 0 Å². The number of carbonyl (C=O) groups is 1. The van der Waals surface area contributed by atoms with Gasteiger partial charge in [0.05, 0.1) is 0 Å². The molecule has 1 amide bonds. The molecule has 1 aromatic heterocycles. The molecule has 106 valence electrons.